The van der Waals surface area contributed by atoms with Gasteiger partial charge in [-0.1, -0.05) is 37.3 Å². The maximum Gasteiger partial charge on any atom is 0.230 e. The maximum absolute atomic E-state index is 6.11. The molecule has 0 aromatic heterocycles. The molecule has 3 rings (SSSR count). The van der Waals surface area contributed by atoms with E-state index in [1.165, 1.54) is 5.56 Å². The summed E-state index contributed by atoms with van der Waals surface area (Å²) < 4.78 is 11.9. The Hall–Kier alpha value is -0.900. The Morgan fingerprint density at radius 1 is 1.38 bits per heavy atom. The summed E-state index contributed by atoms with van der Waals surface area (Å²) in [7, 11) is 0. The molecule has 0 spiro atoms. The lowest BCUT2D eigenvalue weighted by atomic mass is 10.1. The average molecular weight is 219 g/mol. The Morgan fingerprint density at radius 3 is 2.88 bits per heavy atom. The first kappa shape index (κ1) is 10.3. The SMILES string of the molecule is CC[C@@]12OCCN1C[C@@H](c1ccccc1)O2. The lowest BCUT2D eigenvalue weighted by Gasteiger charge is -2.27. The van der Waals surface area contributed by atoms with Gasteiger partial charge in [0.2, 0.25) is 5.91 Å². The van der Waals surface area contributed by atoms with Gasteiger partial charge >= 0.3 is 0 Å². The van der Waals surface area contributed by atoms with E-state index in [0.717, 1.165) is 26.1 Å². The smallest absolute Gasteiger partial charge is 0.230 e. The number of benzene rings is 1. The molecule has 2 aliphatic rings. The van der Waals surface area contributed by atoms with E-state index >= 15 is 0 Å². The van der Waals surface area contributed by atoms with Crippen molar-refractivity contribution < 1.29 is 9.47 Å². The maximum atomic E-state index is 6.11. The first-order chi connectivity index (χ1) is 7.84. The average Bonchev–Trinajstić information content (AvgIpc) is 2.86. The number of nitrogens with zero attached hydrogens (tertiary/aromatic N) is 1. The van der Waals surface area contributed by atoms with Crippen LogP contribution in [0, 0.1) is 0 Å². The van der Waals surface area contributed by atoms with Gasteiger partial charge in [-0.2, -0.15) is 0 Å². The van der Waals surface area contributed by atoms with E-state index in [2.05, 4.69) is 36.1 Å². The van der Waals surface area contributed by atoms with Gasteiger partial charge in [0.25, 0.3) is 0 Å². The molecule has 0 unspecified atom stereocenters. The third-order valence-corrected chi connectivity index (χ3v) is 3.50. The summed E-state index contributed by atoms with van der Waals surface area (Å²) in [5, 5.41) is 0. The van der Waals surface area contributed by atoms with E-state index in [1.54, 1.807) is 0 Å². The van der Waals surface area contributed by atoms with Crippen molar-refractivity contribution in [1.29, 1.82) is 0 Å². The largest absolute Gasteiger partial charge is 0.336 e. The molecule has 2 saturated heterocycles. The van der Waals surface area contributed by atoms with Crippen LogP contribution in [0.25, 0.3) is 0 Å². The number of ether oxygens (including phenoxy) is 2. The number of hydrogen-bond acceptors (Lipinski definition) is 3. The Kier molecular flexibility index (Phi) is 2.46. The van der Waals surface area contributed by atoms with Crippen LogP contribution < -0.4 is 0 Å². The van der Waals surface area contributed by atoms with Crippen LogP contribution in [0.5, 0.6) is 0 Å². The molecule has 0 aliphatic carbocycles. The highest BCUT2D eigenvalue weighted by Crippen LogP contribution is 2.41. The van der Waals surface area contributed by atoms with E-state index in [9.17, 15) is 0 Å². The second-order valence-corrected chi connectivity index (χ2v) is 4.38. The fourth-order valence-corrected chi connectivity index (χ4v) is 2.63. The van der Waals surface area contributed by atoms with Crippen molar-refractivity contribution in [2.45, 2.75) is 25.4 Å². The van der Waals surface area contributed by atoms with Crippen LogP contribution in [0.4, 0.5) is 0 Å². The zero-order valence-corrected chi connectivity index (χ0v) is 9.56. The zero-order valence-electron chi connectivity index (χ0n) is 9.56. The van der Waals surface area contributed by atoms with Crippen LogP contribution in [0.3, 0.4) is 0 Å². The molecule has 0 N–H and O–H groups in total. The van der Waals surface area contributed by atoms with Crippen LogP contribution >= 0.6 is 0 Å². The van der Waals surface area contributed by atoms with Crippen molar-refractivity contribution in [1.82, 2.24) is 4.90 Å². The van der Waals surface area contributed by atoms with Crippen molar-refractivity contribution >= 4 is 0 Å². The molecule has 1 aromatic rings. The second-order valence-electron chi connectivity index (χ2n) is 4.38. The molecule has 2 atom stereocenters. The Balaban J connectivity index is 1.83. The summed E-state index contributed by atoms with van der Waals surface area (Å²) in [4.78, 5) is 2.31. The quantitative estimate of drug-likeness (QED) is 0.760. The number of rotatable bonds is 2. The van der Waals surface area contributed by atoms with Gasteiger partial charge in [-0.15, -0.1) is 0 Å². The molecule has 1 aromatic carbocycles. The van der Waals surface area contributed by atoms with Crippen LogP contribution in [0.2, 0.25) is 0 Å². The minimum absolute atomic E-state index is 0.154. The van der Waals surface area contributed by atoms with E-state index in [0.29, 0.717) is 0 Å². The second kappa shape index (κ2) is 3.84. The summed E-state index contributed by atoms with van der Waals surface area (Å²) >= 11 is 0. The topological polar surface area (TPSA) is 21.7 Å². The minimum atomic E-state index is -0.444. The Morgan fingerprint density at radius 2 is 2.19 bits per heavy atom. The summed E-state index contributed by atoms with van der Waals surface area (Å²) in [6.45, 7) is 4.83. The molecule has 3 heteroatoms. The van der Waals surface area contributed by atoms with Crippen LogP contribution in [0.1, 0.15) is 25.0 Å². The molecule has 2 aliphatic heterocycles. The van der Waals surface area contributed by atoms with Crippen molar-refractivity contribution in [2.75, 3.05) is 19.7 Å². The first-order valence-corrected chi connectivity index (χ1v) is 5.96. The van der Waals surface area contributed by atoms with Crippen molar-refractivity contribution in [3.05, 3.63) is 35.9 Å². The molecule has 0 bridgehead atoms. The molecule has 86 valence electrons. The molecule has 16 heavy (non-hydrogen) atoms. The normalized spacial score (nSPS) is 34.2. The summed E-state index contributed by atoms with van der Waals surface area (Å²) in [6, 6.07) is 10.4. The molecular formula is C13H17NO2. The van der Waals surface area contributed by atoms with Crippen LogP contribution in [0.15, 0.2) is 30.3 Å². The van der Waals surface area contributed by atoms with Crippen molar-refractivity contribution in [2.24, 2.45) is 0 Å². The standard InChI is InChI=1S/C13H17NO2/c1-2-13-14(8-9-15-13)10-12(16-13)11-6-4-3-5-7-11/h3-7,12H,2,8-10H2,1H3/t12-,13-/m0/s1. The van der Waals surface area contributed by atoms with Gasteiger partial charge in [0.1, 0.15) is 6.10 Å². The van der Waals surface area contributed by atoms with Crippen molar-refractivity contribution in [3.8, 4) is 0 Å². The predicted octanol–water partition coefficient (Wildman–Crippen LogP) is 2.15. The fourth-order valence-electron chi connectivity index (χ4n) is 2.63. The third-order valence-electron chi connectivity index (χ3n) is 3.50. The highest BCUT2D eigenvalue weighted by atomic mass is 16.7. The van der Waals surface area contributed by atoms with Gasteiger partial charge in [-0.25, -0.2) is 4.90 Å². The lowest BCUT2D eigenvalue weighted by Crippen LogP contribution is -2.39. The molecule has 2 heterocycles. The molecule has 3 nitrogen and oxygen atoms in total. The number of hydrogen-bond donors (Lipinski definition) is 0. The Bertz CT molecular complexity index is 367. The molecule has 2 fully saturated rings. The molecule has 0 saturated carbocycles. The highest BCUT2D eigenvalue weighted by Gasteiger charge is 2.50. The molecule has 0 radical (unpaired) electrons. The zero-order chi connectivity index (χ0) is 11.0. The van der Waals surface area contributed by atoms with Crippen molar-refractivity contribution in [3.63, 3.8) is 0 Å². The monoisotopic (exact) mass is 219 g/mol. The predicted molar refractivity (Wildman–Crippen MR) is 60.8 cm³/mol. The minimum Gasteiger partial charge on any atom is -0.336 e. The first-order valence-electron chi connectivity index (χ1n) is 5.96. The van der Waals surface area contributed by atoms with Gasteiger partial charge < -0.3 is 9.47 Å². The van der Waals surface area contributed by atoms with E-state index in [1.807, 2.05) is 6.07 Å². The fraction of sp³-hybridized carbons (Fsp3) is 0.538. The van der Waals surface area contributed by atoms with Gasteiger partial charge in [-0.05, 0) is 5.56 Å². The van der Waals surface area contributed by atoms with E-state index in [-0.39, 0.29) is 6.10 Å². The van der Waals surface area contributed by atoms with E-state index < -0.39 is 5.91 Å². The van der Waals surface area contributed by atoms with Gasteiger partial charge in [-0.3, -0.25) is 0 Å². The van der Waals surface area contributed by atoms with Gasteiger partial charge in [0.05, 0.1) is 6.61 Å². The third kappa shape index (κ3) is 1.47. The summed E-state index contributed by atoms with van der Waals surface area (Å²) in [5.74, 6) is -0.444. The summed E-state index contributed by atoms with van der Waals surface area (Å²) in [5.41, 5.74) is 1.24. The Labute approximate surface area is 96.0 Å². The van der Waals surface area contributed by atoms with Gasteiger partial charge in [0.15, 0.2) is 0 Å². The highest BCUT2D eigenvalue weighted by molar-refractivity contribution is 5.19. The molecular weight excluding hydrogens is 202 g/mol. The van der Waals surface area contributed by atoms with Gasteiger partial charge in [0, 0.05) is 19.5 Å². The lowest BCUT2D eigenvalue weighted by molar-refractivity contribution is -0.247. The van der Waals surface area contributed by atoms with Crippen LogP contribution in [-0.2, 0) is 9.47 Å². The number of fused-ring (bicyclic) bond motifs is 1. The van der Waals surface area contributed by atoms with E-state index in [4.69, 9.17) is 9.47 Å². The summed E-state index contributed by atoms with van der Waals surface area (Å²) in [6.07, 6.45) is 1.04. The van der Waals surface area contributed by atoms with Crippen LogP contribution in [-0.4, -0.2) is 30.5 Å². The molecule has 0 amide bonds.